The zero-order valence-corrected chi connectivity index (χ0v) is 11.0. The molecule has 18 heavy (non-hydrogen) atoms. The summed E-state index contributed by atoms with van der Waals surface area (Å²) in [5, 5.41) is 16.4. The van der Waals surface area contributed by atoms with E-state index in [1.54, 1.807) is 7.05 Å². The van der Waals surface area contributed by atoms with Gasteiger partial charge in [0.2, 0.25) is 5.91 Å². The molecule has 0 bridgehead atoms. The van der Waals surface area contributed by atoms with E-state index < -0.39 is 5.60 Å². The number of aromatic nitrogens is 3. The molecule has 1 aromatic heterocycles. The molecule has 0 atom stereocenters. The van der Waals surface area contributed by atoms with Gasteiger partial charge in [-0.15, -0.1) is 0 Å². The highest BCUT2D eigenvalue weighted by molar-refractivity contribution is 5.75. The van der Waals surface area contributed by atoms with Crippen molar-refractivity contribution in [3.8, 4) is 0 Å². The second-order valence-electron chi connectivity index (χ2n) is 4.39. The van der Waals surface area contributed by atoms with E-state index in [-0.39, 0.29) is 24.7 Å². The van der Waals surface area contributed by atoms with Gasteiger partial charge in [0.05, 0.1) is 5.60 Å². The van der Waals surface area contributed by atoms with Crippen LogP contribution in [0.5, 0.6) is 0 Å². The number of hydrogen-bond donors (Lipinski definition) is 2. The van der Waals surface area contributed by atoms with E-state index in [1.807, 2.05) is 13.8 Å². The minimum atomic E-state index is -0.884. The van der Waals surface area contributed by atoms with E-state index in [0.29, 0.717) is 12.8 Å². The smallest absolute Gasteiger partial charge is 0.345 e. The molecule has 0 aliphatic heterocycles. The second-order valence-corrected chi connectivity index (χ2v) is 4.39. The molecular weight excluding hydrogens is 236 g/mol. The molecule has 0 unspecified atom stereocenters. The Morgan fingerprint density at radius 3 is 2.56 bits per heavy atom. The molecule has 0 spiro atoms. The van der Waals surface area contributed by atoms with Gasteiger partial charge in [0.1, 0.15) is 12.9 Å². The van der Waals surface area contributed by atoms with Crippen molar-refractivity contribution < 1.29 is 9.90 Å². The summed E-state index contributed by atoms with van der Waals surface area (Å²) >= 11 is 0. The number of nitrogens with zero attached hydrogens (tertiary/aromatic N) is 3. The van der Waals surface area contributed by atoms with Crippen LogP contribution in [0.1, 0.15) is 26.7 Å². The summed E-state index contributed by atoms with van der Waals surface area (Å²) in [6, 6.07) is 0. The molecule has 0 saturated heterocycles. The maximum absolute atomic E-state index is 11.6. The van der Waals surface area contributed by atoms with Crippen molar-refractivity contribution in [1.82, 2.24) is 19.7 Å². The lowest BCUT2D eigenvalue weighted by Gasteiger charge is -2.25. The zero-order valence-electron chi connectivity index (χ0n) is 11.0. The quantitative estimate of drug-likeness (QED) is 0.701. The van der Waals surface area contributed by atoms with Gasteiger partial charge in [-0.25, -0.2) is 9.48 Å². The first-order valence-electron chi connectivity index (χ1n) is 5.99. The van der Waals surface area contributed by atoms with Crippen LogP contribution in [-0.2, 0) is 18.4 Å². The highest BCUT2D eigenvalue weighted by atomic mass is 16.3. The highest BCUT2D eigenvalue weighted by Crippen LogP contribution is 2.12. The first-order valence-corrected chi connectivity index (χ1v) is 5.99. The van der Waals surface area contributed by atoms with Crippen molar-refractivity contribution in [2.75, 3.05) is 6.54 Å². The van der Waals surface area contributed by atoms with Crippen LogP contribution >= 0.6 is 0 Å². The van der Waals surface area contributed by atoms with E-state index in [0.717, 1.165) is 4.68 Å². The van der Waals surface area contributed by atoms with Gasteiger partial charge in [-0.1, -0.05) is 13.8 Å². The number of carbonyl (C=O) groups is 1. The summed E-state index contributed by atoms with van der Waals surface area (Å²) in [7, 11) is 1.57. The Balaban J connectivity index is 2.53. The molecule has 0 aliphatic rings. The molecule has 1 rings (SSSR count). The molecule has 2 N–H and O–H groups in total. The third-order valence-corrected chi connectivity index (χ3v) is 3.11. The normalized spacial score (nSPS) is 11.6. The van der Waals surface area contributed by atoms with Crippen LogP contribution in [0.3, 0.4) is 0 Å². The summed E-state index contributed by atoms with van der Waals surface area (Å²) in [4.78, 5) is 23.1. The number of carbonyl (C=O) groups excluding carboxylic acids is 1. The predicted octanol–water partition coefficient (Wildman–Crippen LogP) is -0.751. The van der Waals surface area contributed by atoms with Crippen molar-refractivity contribution >= 4 is 5.91 Å². The fraction of sp³-hybridized carbons (Fsp3) is 0.727. The Bertz CT molecular complexity index is 459. The molecule has 7 nitrogen and oxygen atoms in total. The Labute approximate surface area is 105 Å². The maximum Gasteiger partial charge on any atom is 0.345 e. The van der Waals surface area contributed by atoms with Gasteiger partial charge < -0.3 is 10.4 Å². The van der Waals surface area contributed by atoms with Crippen LogP contribution in [0.25, 0.3) is 0 Å². The standard InChI is InChI=1S/C11H20N4O3/c1-4-11(18,5-2)7-12-9(16)6-15-10(17)14(3)8-13-15/h8,18H,4-7H2,1-3H3,(H,12,16). The van der Waals surface area contributed by atoms with Gasteiger partial charge in [-0.3, -0.25) is 9.36 Å². The lowest BCUT2D eigenvalue weighted by atomic mass is 9.98. The summed E-state index contributed by atoms with van der Waals surface area (Å²) in [5.74, 6) is -0.337. The van der Waals surface area contributed by atoms with Crippen LogP contribution in [0.15, 0.2) is 11.1 Å². The van der Waals surface area contributed by atoms with Crippen LogP contribution < -0.4 is 11.0 Å². The van der Waals surface area contributed by atoms with E-state index in [1.165, 1.54) is 10.9 Å². The zero-order chi connectivity index (χ0) is 13.8. The van der Waals surface area contributed by atoms with Crippen molar-refractivity contribution in [2.24, 2.45) is 7.05 Å². The number of aryl methyl sites for hydroxylation is 1. The van der Waals surface area contributed by atoms with Gasteiger partial charge in [-0.05, 0) is 12.8 Å². The molecule has 0 radical (unpaired) electrons. The van der Waals surface area contributed by atoms with E-state index >= 15 is 0 Å². The average molecular weight is 256 g/mol. The maximum atomic E-state index is 11.6. The van der Waals surface area contributed by atoms with Gasteiger partial charge in [0.15, 0.2) is 0 Å². The largest absolute Gasteiger partial charge is 0.388 e. The van der Waals surface area contributed by atoms with Gasteiger partial charge in [0, 0.05) is 13.6 Å². The van der Waals surface area contributed by atoms with Gasteiger partial charge in [-0.2, -0.15) is 5.10 Å². The number of amides is 1. The molecule has 1 aromatic rings. The van der Waals surface area contributed by atoms with Crippen molar-refractivity contribution in [1.29, 1.82) is 0 Å². The summed E-state index contributed by atoms with van der Waals surface area (Å²) in [6.45, 7) is 3.77. The molecular formula is C11H20N4O3. The second kappa shape index (κ2) is 5.81. The molecule has 0 aromatic carbocycles. The number of nitrogens with one attached hydrogen (secondary N) is 1. The summed E-state index contributed by atoms with van der Waals surface area (Å²) < 4.78 is 2.37. The first kappa shape index (κ1) is 14.4. The predicted molar refractivity (Wildman–Crippen MR) is 66.0 cm³/mol. The lowest BCUT2D eigenvalue weighted by molar-refractivity contribution is -0.123. The SMILES string of the molecule is CCC(O)(CC)CNC(=O)Cn1ncn(C)c1=O. The molecule has 0 aliphatic carbocycles. The third kappa shape index (κ3) is 3.43. The molecule has 1 heterocycles. The van der Waals surface area contributed by atoms with Gasteiger partial charge in [0.25, 0.3) is 0 Å². The lowest BCUT2D eigenvalue weighted by Crippen LogP contribution is -2.43. The van der Waals surface area contributed by atoms with Crippen LogP contribution in [0.2, 0.25) is 0 Å². The third-order valence-electron chi connectivity index (χ3n) is 3.11. The van der Waals surface area contributed by atoms with Crippen LogP contribution in [-0.4, -0.2) is 37.5 Å². The fourth-order valence-electron chi connectivity index (χ4n) is 1.48. The molecule has 102 valence electrons. The Morgan fingerprint density at radius 2 is 2.11 bits per heavy atom. The Hall–Kier alpha value is -1.63. The molecule has 0 fully saturated rings. The van der Waals surface area contributed by atoms with E-state index in [9.17, 15) is 14.7 Å². The molecule has 1 amide bonds. The van der Waals surface area contributed by atoms with E-state index in [4.69, 9.17) is 0 Å². The molecule has 0 saturated carbocycles. The van der Waals surface area contributed by atoms with Crippen molar-refractivity contribution in [3.05, 3.63) is 16.8 Å². The first-order chi connectivity index (χ1) is 8.41. The summed E-state index contributed by atoms with van der Waals surface area (Å²) in [5.41, 5.74) is -1.23. The van der Waals surface area contributed by atoms with Crippen molar-refractivity contribution in [3.63, 3.8) is 0 Å². The van der Waals surface area contributed by atoms with Gasteiger partial charge >= 0.3 is 5.69 Å². The number of rotatable bonds is 6. The number of aliphatic hydroxyl groups is 1. The van der Waals surface area contributed by atoms with Crippen molar-refractivity contribution in [2.45, 2.75) is 38.8 Å². The van der Waals surface area contributed by atoms with Crippen LogP contribution in [0, 0.1) is 0 Å². The summed E-state index contributed by atoms with van der Waals surface area (Å²) in [6.07, 6.45) is 2.48. The monoisotopic (exact) mass is 256 g/mol. The topological polar surface area (TPSA) is 89.2 Å². The van der Waals surface area contributed by atoms with E-state index in [2.05, 4.69) is 10.4 Å². The fourth-order valence-corrected chi connectivity index (χ4v) is 1.48. The minimum absolute atomic E-state index is 0.136. The highest BCUT2D eigenvalue weighted by Gasteiger charge is 2.22. The Morgan fingerprint density at radius 1 is 1.50 bits per heavy atom. The molecule has 7 heteroatoms. The average Bonchev–Trinajstić information content (AvgIpc) is 2.68. The Kier molecular flexibility index (Phi) is 4.66. The minimum Gasteiger partial charge on any atom is -0.388 e. The van der Waals surface area contributed by atoms with Crippen LogP contribution in [0.4, 0.5) is 0 Å². The number of hydrogen-bond acceptors (Lipinski definition) is 4.